The summed E-state index contributed by atoms with van der Waals surface area (Å²) < 4.78 is 5.13. The largest absolute Gasteiger partial charge is 0.379 e. The summed E-state index contributed by atoms with van der Waals surface area (Å²) in [4.78, 5) is 16.1. The second kappa shape index (κ2) is 4.61. The van der Waals surface area contributed by atoms with Crippen LogP contribution in [0.3, 0.4) is 0 Å². The maximum atomic E-state index is 11.9. The van der Waals surface area contributed by atoms with Crippen LogP contribution in [0.4, 0.5) is 0 Å². The molecule has 4 nitrogen and oxygen atoms in total. The Morgan fingerprint density at radius 3 is 2.88 bits per heavy atom. The van der Waals surface area contributed by atoms with E-state index in [0.717, 1.165) is 12.1 Å². The fraction of sp³-hybridized carbons (Fsp3) is 0.500. The zero-order chi connectivity index (χ0) is 11.4. The first-order valence-electron chi connectivity index (χ1n) is 5.53. The van der Waals surface area contributed by atoms with Crippen LogP contribution in [0.1, 0.15) is 19.0 Å². The quantitative estimate of drug-likeness (QED) is 0.827. The molecule has 1 aliphatic heterocycles. The average Bonchev–Trinajstić information content (AvgIpc) is 2.27. The minimum atomic E-state index is -0.297. The topological polar surface area (TPSA) is 51.2 Å². The lowest BCUT2D eigenvalue weighted by molar-refractivity contribution is -0.162. The predicted octanol–water partition coefficient (Wildman–Crippen LogP) is 1.12. The molecular weight excluding hydrogens is 204 g/mol. The molecule has 0 atom stereocenters. The molecule has 0 saturated carbocycles. The summed E-state index contributed by atoms with van der Waals surface area (Å²) in [6, 6.07) is 5.67. The second-order valence-corrected chi connectivity index (χ2v) is 4.13. The van der Waals surface area contributed by atoms with Gasteiger partial charge in [0.15, 0.2) is 0 Å². The minimum Gasteiger partial charge on any atom is -0.379 e. The van der Waals surface area contributed by atoms with Crippen LogP contribution in [0.15, 0.2) is 24.4 Å². The van der Waals surface area contributed by atoms with Crippen LogP contribution in [-0.2, 0) is 16.1 Å². The second-order valence-electron chi connectivity index (χ2n) is 4.13. The first-order valence-corrected chi connectivity index (χ1v) is 5.53. The van der Waals surface area contributed by atoms with E-state index in [2.05, 4.69) is 10.3 Å². The number of amides is 1. The van der Waals surface area contributed by atoms with E-state index in [1.165, 1.54) is 0 Å². The molecule has 0 aliphatic carbocycles. The normalized spacial score (nSPS) is 17.6. The Morgan fingerprint density at radius 1 is 1.56 bits per heavy atom. The van der Waals surface area contributed by atoms with Gasteiger partial charge < -0.3 is 10.1 Å². The van der Waals surface area contributed by atoms with Crippen molar-refractivity contribution in [1.82, 2.24) is 10.3 Å². The van der Waals surface area contributed by atoms with Crippen LogP contribution in [0, 0.1) is 5.41 Å². The molecule has 1 fully saturated rings. The van der Waals surface area contributed by atoms with Gasteiger partial charge in [0.2, 0.25) is 5.91 Å². The molecule has 0 aromatic carbocycles. The number of carbonyl (C=O) groups excluding carboxylic acids is 1. The number of hydrogen-bond donors (Lipinski definition) is 1. The van der Waals surface area contributed by atoms with E-state index in [4.69, 9.17) is 4.74 Å². The van der Waals surface area contributed by atoms with Crippen molar-refractivity contribution < 1.29 is 9.53 Å². The molecule has 1 aliphatic rings. The Kier molecular flexibility index (Phi) is 3.19. The molecule has 1 aromatic rings. The molecule has 1 saturated heterocycles. The van der Waals surface area contributed by atoms with Crippen molar-refractivity contribution in [3.63, 3.8) is 0 Å². The Balaban J connectivity index is 1.89. The maximum absolute atomic E-state index is 11.9. The van der Waals surface area contributed by atoms with Crippen molar-refractivity contribution in [2.75, 3.05) is 13.2 Å². The van der Waals surface area contributed by atoms with E-state index >= 15 is 0 Å². The molecule has 4 heteroatoms. The third kappa shape index (κ3) is 2.07. The molecule has 16 heavy (non-hydrogen) atoms. The lowest BCUT2D eigenvalue weighted by Crippen LogP contribution is -2.53. The van der Waals surface area contributed by atoms with Crippen molar-refractivity contribution in [2.24, 2.45) is 5.41 Å². The van der Waals surface area contributed by atoms with E-state index in [9.17, 15) is 4.79 Å². The zero-order valence-corrected chi connectivity index (χ0v) is 9.40. The summed E-state index contributed by atoms with van der Waals surface area (Å²) in [5.41, 5.74) is 0.580. The van der Waals surface area contributed by atoms with Gasteiger partial charge in [-0.2, -0.15) is 0 Å². The molecule has 0 unspecified atom stereocenters. The maximum Gasteiger partial charge on any atom is 0.231 e. The van der Waals surface area contributed by atoms with Gasteiger partial charge in [0.05, 0.1) is 30.9 Å². The summed E-state index contributed by atoms with van der Waals surface area (Å²) >= 11 is 0. The number of hydrogen-bond acceptors (Lipinski definition) is 3. The molecule has 0 radical (unpaired) electrons. The lowest BCUT2D eigenvalue weighted by Gasteiger charge is -2.38. The smallest absolute Gasteiger partial charge is 0.231 e. The molecule has 1 N–H and O–H groups in total. The van der Waals surface area contributed by atoms with Crippen molar-refractivity contribution in [1.29, 1.82) is 0 Å². The predicted molar refractivity (Wildman–Crippen MR) is 59.6 cm³/mol. The van der Waals surface area contributed by atoms with E-state index in [-0.39, 0.29) is 11.3 Å². The van der Waals surface area contributed by atoms with Crippen molar-refractivity contribution in [2.45, 2.75) is 19.9 Å². The Bertz CT molecular complexity index is 355. The van der Waals surface area contributed by atoms with Gasteiger partial charge in [-0.25, -0.2) is 0 Å². The number of pyridine rings is 1. The van der Waals surface area contributed by atoms with Crippen molar-refractivity contribution >= 4 is 5.91 Å². The van der Waals surface area contributed by atoms with Crippen molar-refractivity contribution in [3.8, 4) is 0 Å². The van der Waals surface area contributed by atoms with Crippen molar-refractivity contribution in [3.05, 3.63) is 30.1 Å². The Morgan fingerprint density at radius 2 is 2.38 bits per heavy atom. The van der Waals surface area contributed by atoms with E-state index in [0.29, 0.717) is 19.8 Å². The lowest BCUT2D eigenvalue weighted by atomic mass is 9.82. The summed E-state index contributed by atoms with van der Waals surface area (Å²) in [6.45, 7) is 3.58. The highest BCUT2D eigenvalue weighted by Gasteiger charge is 2.43. The number of nitrogens with one attached hydrogen (secondary N) is 1. The summed E-state index contributed by atoms with van der Waals surface area (Å²) in [7, 11) is 0. The average molecular weight is 220 g/mol. The Labute approximate surface area is 95.0 Å². The van der Waals surface area contributed by atoms with Gasteiger partial charge >= 0.3 is 0 Å². The van der Waals surface area contributed by atoms with Crippen LogP contribution in [0.25, 0.3) is 0 Å². The zero-order valence-electron chi connectivity index (χ0n) is 9.40. The van der Waals surface area contributed by atoms with Gasteiger partial charge in [-0.1, -0.05) is 13.0 Å². The molecule has 0 spiro atoms. The highest BCUT2D eigenvalue weighted by Crippen LogP contribution is 2.31. The highest BCUT2D eigenvalue weighted by molar-refractivity contribution is 5.83. The molecule has 0 bridgehead atoms. The van der Waals surface area contributed by atoms with Crippen LogP contribution in [0.2, 0.25) is 0 Å². The monoisotopic (exact) mass is 220 g/mol. The minimum absolute atomic E-state index is 0.0758. The van der Waals surface area contributed by atoms with Gasteiger partial charge in [-0.15, -0.1) is 0 Å². The van der Waals surface area contributed by atoms with E-state index in [1.54, 1.807) is 6.20 Å². The third-order valence-electron chi connectivity index (χ3n) is 3.07. The van der Waals surface area contributed by atoms with E-state index in [1.807, 2.05) is 25.1 Å². The van der Waals surface area contributed by atoms with Gasteiger partial charge in [0.25, 0.3) is 0 Å². The fourth-order valence-corrected chi connectivity index (χ4v) is 1.71. The van der Waals surface area contributed by atoms with E-state index < -0.39 is 0 Å². The molecular formula is C12H16N2O2. The van der Waals surface area contributed by atoms with Crippen LogP contribution in [0.5, 0.6) is 0 Å². The van der Waals surface area contributed by atoms with Gasteiger partial charge in [-0.05, 0) is 18.6 Å². The molecule has 1 aromatic heterocycles. The van der Waals surface area contributed by atoms with Crippen LogP contribution < -0.4 is 5.32 Å². The van der Waals surface area contributed by atoms with Gasteiger partial charge in [-0.3, -0.25) is 9.78 Å². The summed E-state index contributed by atoms with van der Waals surface area (Å²) in [6.07, 6.45) is 2.55. The summed E-state index contributed by atoms with van der Waals surface area (Å²) in [5.74, 6) is 0.0758. The first-order chi connectivity index (χ1) is 7.77. The molecule has 1 amide bonds. The van der Waals surface area contributed by atoms with Crippen LogP contribution >= 0.6 is 0 Å². The SMILES string of the molecule is CCC1(C(=O)NCc2ccccn2)COC1. The summed E-state index contributed by atoms with van der Waals surface area (Å²) in [5, 5.41) is 2.91. The molecule has 2 rings (SSSR count). The van der Waals surface area contributed by atoms with Gasteiger partial charge in [0.1, 0.15) is 0 Å². The Hall–Kier alpha value is -1.42. The standard InChI is InChI=1S/C12H16N2O2/c1-2-12(8-16-9-12)11(15)14-7-10-5-3-4-6-13-10/h3-6H,2,7-9H2,1H3,(H,14,15). The van der Waals surface area contributed by atoms with Gasteiger partial charge in [0, 0.05) is 6.20 Å². The molecule has 86 valence electrons. The van der Waals surface area contributed by atoms with Crippen LogP contribution in [-0.4, -0.2) is 24.1 Å². The number of aromatic nitrogens is 1. The third-order valence-corrected chi connectivity index (χ3v) is 3.07. The number of ether oxygens (including phenoxy) is 1. The number of carbonyl (C=O) groups is 1. The first kappa shape index (κ1) is 11.1. The number of nitrogens with zero attached hydrogens (tertiary/aromatic N) is 1. The highest BCUT2D eigenvalue weighted by atomic mass is 16.5. The molecule has 2 heterocycles. The number of rotatable bonds is 4. The fourth-order valence-electron chi connectivity index (χ4n) is 1.71.